The molecule has 7 saturated heterocycles. The smallest absolute Gasteiger partial charge is 0.399 e. The molecule has 0 atom stereocenters. The molecule has 0 unspecified atom stereocenters. The number of halogens is 6. The molecule has 15 nitrogen and oxygen atoms in total. The molecular weight excluding hydrogens is 2370 g/mol. The highest BCUT2D eigenvalue weighted by Gasteiger charge is 2.54. The van der Waals surface area contributed by atoms with E-state index in [-0.39, 0.29) is 35.6 Å². The minimum Gasteiger partial charge on any atom is -0.399 e. The van der Waals surface area contributed by atoms with Crippen LogP contribution in [0.3, 0.4) is 0 Å². The van der Waals surface area contributed by atoms with Crippen LogP contribution >= 0.6 is 148 Å². The molecule has 9 aromatic rings. The number of rotatable bonds is 56. The second-order valence-electron chi connectivity index (χ2n) is 43.8. The highest BCUT2D eigenvalue weighted by molar-refractivity contribution is 14.1. The summed E-state index contributed by atoms with van der Waals surface area (Å²) in [7, 11) is -0.794. The van der Waals surface area contributed by atoms with Gasteiger partial charge in [-0.15, -0.1) is 45.3 Å². The fourth-order valence-corrected chi connectivity index (χ4v) is 23.6. The van der Waals surface area contributed by atoms with Crippen LogP contribution < -0.4 is 5.46 Å². The van der Waals surface area contributed by atoms with Crippen molar-refractivity contribution in [3.05, 3.63) is 212 Å². The first-order valence-corrected chi connectivity index (χ1v) is 63.7. The number of benzene rings is 5. The Labute approximate surface area is 964 Å². The van der Waals surface area contributed by atoms with Gasteiger partial charge >= 0.3 is 14.4 Å². The molecule has 0 saturated carbocycles. The van der Waals surface area contributed by atoms with E-state index < -0.39 is 7.32 Å². The van der Waals surface area contributed by atoms with Gasteiger partial charge in [0.2, 0.25) is 0 Å². The molecule has 0 bridgehead atoms. The molecule has 0 N–H and O–H groups in total. The molecular formula is C121H174B2Br5IO15S4. The molecule has 7 aliphatic heterocycles. The van der Waals surface area contributed by atoms with Crippen molar-refractivity contribution < 1.29 is 70.6 Å². The fourth-order valence-electron chi connectivity index (χ4n) is 17.3. The first-order chi connectivity index (χ1) is 71.2. The molecule has 16 rings (SSSR count). The minimum absolute atomic E-state index is 0.120. The van der Waals surface area contributed by atoms with E-state index in [4.69, 9.17) is 70.6 Å². The van der Waals surface area contributed by atoms with E-state index in [1.807, 2.05) is 76.3 Å². The van der Waals surface area contributed by atoms with Crippen LogP contribution in [-0.2, 0) is 96.3 Å². The Morgan fingerprint density at radius 3 is 0.804 bits per heavy atom. The lowest BCUT2D eigenvalue weighted by Gasteiger charge is -2.40. The van der Waals surface area contributed by atoms with E-state index in [2.05, 4.69) is 322 Å². The van der Waals surface area contributed by atoms with Crippen LogP contribution in [0.1, 0.15) is 287 Å². The summed E-state index contributed by atoms with van der Waals surface area (Å²) in [4.78, 5) is 8.00. The van der Waals surface area contributed by atoms with Crippen molar-refractivity contribution in [2.75, 3.05) is 137 Å². The van der Waals surface area contributed by atoms with Crippen molar-refractivity contribution in [2.24, 2.45) is 27.1 Å². The number of hydrogen-bond acceptors (Lipinski definition) is 19. The standard InChI is InChI=1S/C44H58O4S2.C24H39BO4.C18H27BrO2.C12H23BrO2.C9H19BO3.C8H4Br2S2.C6H4BrI/c1-3-43(31-47-32-43)29-45-27-11-7-5-9-13-35-15-19-37(20-16-35)39-23-25-41(49-39)42-26-24-40(50-42)38-21-17-36(18-22-38)14-10-6-8-12-28-46-30-44(4-2)33-48-34-44;1-6-24(18-27-19-24)17-26-16-10-8-7-9-11-20-12-14-21(15-13-20)25-28-22(2,3)23(4,5)29-25;1-2-18(14-21-15-18)13-20-12-6-4-3-5-7-16-8-10-17(19)11-9-16;1-2-12(10-15-11-12)9-14-8-6-4-3-5-7-13;1-7(2)11-10-12-8(3,4)9(5,6)13-10;9-7-3-1-5(11-7)6-2-4-8(10)12-6;7-5-1-3-6(8)4-2-5/h15-26H,3-14,27-34H2,1-2H3;12-15H,6-11,16-19H2,1-5H3;8-11H,2-7,12-15H2,1H3;2-11H2,1H3;7H,1-6H3;1-4H;1-4H. The van der Waals surface area contributed by atoms with Crippen molar-refractivity contribution in [3.8, 4) is 40.4 Å². The molecule has 7 aliphatic rings. The van der Waals surface area contributed by atoms with Gasteiger partial charge in [0.15, 0.2) is 0 Å². The molecule has 4 aromatic heterocycles. The van der Waals surface area contributed by atoms with Crippen molar-refractivity contribution >= 4 is 167 Å². The van der Waals surface area contributed by atoms with Crippen molar-refractivity contribution in [1.29, 1.82) is 0 Å². The normalized spacial score (nSPS) is 17.7. The van der Waals surface area contributed by atoms with Crippen LogP contribution in [0.15, 0.2) is 186 Å². The molecule has 0 aliphatic carbocycles. The summed E-state index contributed by atoms with van der Waals surface area (Å²) < 4.78 is 90.9. The first kappa shape index (κ1) is 127. The van der Waals surface area contributed by atoms with Crippen LogP contribution in [0.25, 0.3) is 40.4 Å². The Morgan fingerprint density at radius 1 is 0.297 bits per heavy atom. The Balaban J connectivity index is 0.000000194. The predicted molar refractivity (Wildman–Crippen MR) is 650 cm³/mol. The zero-order valence-electron chi connectivity index (χ0n) is 91.8. The minimum atomic E-state index is -0.523. The Hall–Kier alpha value is -2.44. The zero-order valence-corrected chi connectivity index (χ0v) is 105. The van der Waals surface area contributed by atoms with E-state index in [1.54, 1.807) is 22.7 Å². The summed E-state index contributed by atoms with van der Waals surface area (Å²) in [5.74, 6) is 0. The highest BCUT2D eigenvalue weighted by atomic mass is 127. The summed E-state index contributed by atoms with van der Waals surface area (Å²) in [6.07, 6.45) is 35.3. The van der Waals surface area contributed by atoms with Gasteiger partial charge in [0, 0.05) is 113 Å². The third-order valence-electron chi connectivity index (χ3n) is 30.2. The van der Waals surface area contributed by atoms with Crippen LogP contribution in [0.5, 0.6) is 0 Å². The third kappa shape index (κ3) is 43.6. The first-order valence-electron chi connectivity index (χ1n) is 55.1. The maximum Gasteiger partial charge on any atom is 0.640 e. The molecule has 0 radical (unpaired) electrons. The van der Waals surface area contributed by atoms with Gasteiger partial charge in [0.05, 0.1) is 129 Å². The summed E-state index contributed by atoms with van der Waals surface area (Å²) in [6.45, 7) is 49.1. The second-order valence-corrected chi connectivity index (χ2v) is 54.8. The Morgan fingerprint density at radius 2 is 0.547 bits per heavy atom. The quantitative estimate of drug-likeness (QED) is 0.0155. The third-order valence-corrected chi connectivity index (χ3v) is 38.5. The number of hydrogen-bond donors (Lipinski definition) is 0. The highest BCUT2D eigenvalue weighted by Crippen LogP contribution is 2.45. The van der Waals surface area contributed by atoms with Gasteiger partial charge in [0.1, 0.15) is 0 Å². The fraction of sp³-hybridized carbons (Fsp3) is 0.620. The lowest BCUT2D eigenvalue weighted by molar-refractivity contribution is -0.150. The largest absolute Gasteiger partial charge is 0.640 e. The van der Waals surface area contributed by atoms with Gasteiger partial charge in [0.25, 0.3) is 0 Å². The van der Waals surface area contributed by atoms with Crippen LogP contribution in [0, 0.1) is 30.6 Å². The van der Waals surface area contributed by atoms with E-state index >= 15 is 0 Å². The molecule has 0 spiro atoms. The average molecular weight is 2550 g/mol. The Bertz CT molecular complexity index is 4840. The molecule has 148 heavy (non-hydrogen) atoms. The van der Waals surface area contributed by atoms with Gasteiger partial charge in [-0.3, -0.25) is 0 Å². The van der Waals surface area contributed by atoms with Gasteiger partial charge in [-0.2, -0.15) is 0 Å². The number of ether oxygens (including phenoxy) is 10. The summed E-state index contributed by atoms with van der Waals surface area (Å²) in [5, 5.41) is 1.13. The number of aryl methyl sites for hydroxylation is 4. The number of thiophene rings is 4. The maximum atomic E-state index is 6.13. The zero-order chi connectivity index (χ0) is 106. The van der Waals surface area contributed by atoms with Crippen LogP contribution in [0.4, 0.5) is 0 Å². The average Bonchev–Trinajstić information content (AvgIpc) is 1.62. The van der Waals surface area contributed by atoms with E-state index in [1.165, 1.54) is 202 Å². The van der Waals surface area contributed by atoms with Gasteiger partial charge < -0.3 is 70.6 Å². The molecule has 5 aromatic carbocycles. The monoisotopic (exact) mass is 2540 g/mol. The van der Waals surface area contributed by atoms with Crippen LogP contribution in [-0.4, -0.2) is 180 Å². The maximum absolute atomic E-state index is 6.13. The van der Waals surface area contributed by atoms with Gasteiger partial charge in [-0.25, -0.2) is 0 Å². The topological polar surface area (TPSA) is 138 Å². The molecule has 11 heterocycles. The van der Waals surface area contributed by atoms with E-state index in [0.717, 1.165) is 210 Å². The number of alkyl halides is 1. The lowest BCUT2D eigenvalue weighted by atomic mass is 9.78. The molecule has 0 amide bonds. The van der Waals surface area contributed by atoms with Gasteiger partial charge in [-0.1, -0.05) is 232 Å². The van der Waals surface area contributed by atoms with Crippen molar-refractivity contribution in [2.45, 2.75) is 319 Å². The Kier molecular flexibility index (Phi) is 57.3. The lowest BCUT2D eigenvalue weighted by Crippen LogP contribution is -2.45. The molecule has 7 fully saturated rings. The SMILES string of the molecule is Brc1ccc(-c2ccc(Br)s2)s1.Brc1ccc(I)cc1.CC(C)OB1OC(C)(C)C(C)(C)O1.CCC1(COCCCCCCBr)COC1.CCC1(COCCCCCCc2ccc(-c3ccc(-c4ccc(-c5ccc(CCCCCCOCC6(CC)COC6)cc5)s4)s3)cc2)COC1.CCC1(COCCCCCCc2ccc(B3OC(C)(C)C(C)(C)O3)cc2)COC1.CCC1(COCCCCCCc2ccc(Br)cc2)COC1. The van der Waals surface area contributed by atoms with E-state index in [9.17, 15) is 0 Å². The van der Waals surface area contributed by atoms with Crippen molar-refractivity contribution in [1.82, 2.24) is 0 Å². The van der Waals surface area contributed by atoms with Crippen LogP contribution in [0.2, 0.25) is 0 Å². The van der Waals surface area contributed by atoms with E-state index in [0.29, 0.717) is 27.1 Å². The van der Waals surface area contributed by atoms with Gasteiger partial charge in [-0.05, 0) is 369 Å². The summed E-state index contributed by atoms with van der Waals surface area (Å²) in [5.41, 5.74) is 9.86. The second kappa shape index (κ2) is 66.6. The summed E-state index contributed by atoms with van der Waals surface area (Å²) in [6, 6.07) is 61.6. The van der Waals surface area contributed by atoms with Crippen molar-refractivity contribution in [3.63, 3.8) is 0 Å². The number of unbranched alkanes of at least 4 members (excludes halogenated alkanes) is 15. The molecule has 820 valence electrons. The molecule has 27 heteroatoms. The summed E-state index contributed by atoms with van der Waals surface area (Å²) >= 11 is 26.7. The predicted octanol–water partition coefficient (Wildman–Crippen LogP) is 34.9.